The Labute approximate surface area is 254 Å². The molecular weight excluding hydrogens is 571 g/mol. The quantitative estimate of drug-likeness (QED) is 0.0809. The van der Waals surface area contributed by atoms with Crippen molar-refractivity contribution in [2.75, 3.05) is 38.0 Å². The Morgan fingerprint density at radius 1 is 1.05 bits per heavy atom. The van der Waals surface area contributed by atoms with Crippen LogP contribution in [0.3, 0.4) is 0 Å². The van der Waals surface area contributed by atoms with Crippen molar-refractivity contribution in [3.8, 4) is 22.5 Å². The van der Waals surface area contributed by atoms with Crippen molar-refractivity contribution in [3.05, 3.63) is 101 Å². The minimum Gasteiger partial charge on any atom is -0.455 e. The van der Waals surface area contributed by atoms with Gasteiger partial charge < -0.3 is 25.4 Å². The summed E-state index contributed by atoms with van der Waals surface area (Å²) < 4.78 is 19.8. The molecule has 0 aliphatic carbocycles. The lowest BCUT2D eigenvalue weighted by Crippen LogP contribution is -2.18. The summed E-state index contributed by atoms with van der Waals surface area (Å²) in [5, 5.41) is 22.6. The summed E-state index contributed by atoms with van der Waals surface area (Å²) in [6.07, 6.45) is 1.30. The molecule has 4 aromatic carbocycles. The molecule has 0 saturated heterocycles. The summed E-state index contributed by atoms with van der Waals surface area (Å²) in [7, 11) is 5.44. The zero-order valence-corrected chi connectivity index (χ0v) is 24.9. The van der Waals surface area contributed by atoms with Gasteiger partial charge in [0, 0.05) is 77.6 Å². The molecule has 0 fully saturated rings. The van der Waals surface area contributed by atoms with E-state index in [0.717, 1.165) is 28.2 Å². The van der Waals surface area contributed by atoms with Crippen molar-refractivity contribution >= 4 is 51.8 Å². The van der Waals surface area contributed by atoms with Crippen molar-refractivity contribution in [2.24, 2.45) is 0 Å². The summed E-state index contributed by atoms with van der Waals surface area (Å²) >= 11 is 6.05. The highest BCUT2D eigenvalue weighted by Gasteiger charge is 2.24. The molecule has 5 rings (SSSR count). The zero-order valence-electron chi connectivity index (χ0n) is 24.2. The van der Waals surface area contributed by atoms with Gasteiger partial charge in [0.25, 0.3) is 5.91 Å². The normalized spacial score (nSPS) is 10.6. The van der Waals surface area contributed by atoms with Gasteiger partial charge in [0.2, 0.25) is 0 Å². The number of benzene rings is 4. The second kappa shape index (κ2) is 14.0. The smallest absolute Gasteiger partial charge is 0.255 e. The molecule has 0 spiro atoms. The van der Waals surface area contributed by atoms with E-state index >= 15 is 0 Å². The van der Waals surface area contributed by atoms with Crippen LogP contribution in [-0.4, -0.2) is 45.1 Å². The van der Waals surface area contributed by atoms with Crippen LogP contribution in [0, 0.1) is 11.2 Å². The number of amides is 1. The van der Waals surface area contributed by atoms with Crippen LogP contribution >= 0.6 is 11.6 Å². The Hall–Kier alpha value is -4.70. The summed E-state index contributed by atoms with van der Waals surface area (Å²) in [5.41, 5.74) is 6.46. The Kier molecular flexibility index (Phi) is 10.2. The van der Waals surface area contributed by atoms with E-state index < -0.39 is 0 Å². The number of anilines is 3. The van der Waals surface area contributed by atoms with Crippen LogP contribution in [-0.2, 0) is 4.89 Å². The Bertz CT molecular complexity index is 1730. The van der Waals surface area contributed by atoms with Gasteiger partial charge in [-0.25, -0.2) is 9.28 Å². The van der Waals surface area contributed by atoms with Gasteiger partial charge in [0.1, 0.15) is 17.2 Å². The molecule has 0 saturated carbocycles. The van der Waals surface area contributed by atoms with Crippen molar-refractivity contribution < 1.29 is 23.7 Å². The molecule has 0 unspecified atom stereocenters. The molecule has 0 aliphatic rings. The summed E-state index contributed by atoms with van der Waals surface area (Å²) in [4.78, 5) is 18.6. The second-order valence-corrected chi connectivity index (χ2v) is 10.1. The molecular formula is C33H32ClFN4O4. The molecule has 8 nitrogen and oxygen atoms in total. The number of nitrogens with zero attached hydrogens (tertiary/aromatic N) is 1. The number of halogens is 2. The first-order chi connectivity index (χ1) is 20.7. The molecule has 0 aliphatic heterocycles. The number of hydrogen-bond acceptors (Lipinski definition) is 7. The standard InChI is InChI=1S/C31H26ClFN4O2.C2H6O2/c1-35-31(38)29-25-15-24(19-4-5-20(17-34)26(14-19)36-23-12-8-21(32)9-13-23)27(37(2)3)16-28(25)39-30(29)18-6-10-22(33)11-7-18;1-2-4-3/h4-17,34,36H,1-3H3,(H,35,38);3H,2H2,1H3. The summed E-state index contributed by atoms with van der Waals surface area (Å²) in [6.45, 7) is 2.08. The van der Waals surface area contributed by atoms with Crippen LogP contribution in [0.25, 0.3) is 33.4 Å². The van der Waals surface area contributed by atoms with Gasteiger partial charge in [0.05, 0.1) is 12.2 Å². The van der Waals surface area contributed by atoms with Crippen molar-refractivity contribution in [2.45, 2.75) is 6.92 Å². The fourth-order valence-corrected chi connectivity index (χ4v) is 4.66. The Morgan fingerprint density at radius 3 is 2.28 bits per heavy atom. The fourth-order valence-electron chi connectivity index (χ4n) is 4.54. The van der Waals surface area contributed by atoms with E-state index in [1.807, 2.05) is 61.5 Å². The van der Waals surface area contributed by atoms with Gasteiger partial charge in [-0.3, -0.25) is 10.1 Å². The first-order valence-electron chi connectivity index (χ1n) is 13.4. The van der Waals surface area contributed by atoms with E-state index in [0.29, 0.717) is 45.0 Å². The number of carbonyl (C=O) groups is 1. The first kappa shape index (κ1) is 31.2. The lowest BCUT2D eigenvalue weighted by molar-refractivity contribution is -0.237. The summed E-state index contributed by atoms with van der Waals surface area (Å²) in [5.74, 6) is -0.304. The van der Waals surface area contributed by atoms with E-state index in [1.54, 1.807) is 38.2 Å². The van der Waals surface area contributed by atoms with E-state index in [9.17, 15) is 9.18 Å². The molecule has 4 N–H and O–H groups in total. The molecule has 10 heteroatoms. The number of nitrogens with one attached hydrogen (secondary N) is 3. The van der Waals surface area contributed by atoms with Crippen LogP contribution in [0.5, 0.6) is 0 Å². The molecule has 0 radical (unpaired) electrons. The average Bonchev–Trinajstić information content (AvgIpc) is 3.40. The maximum absolute atomic E-state index is 13.6. The van der Waals surface area contributed by atoms with Crippen LogP contribution in [0.1, 0.15) is 22.8 Å². The van der Waals surface area contributed by atoms with Gasteiger partial charge >= 0.3 is 0 Å². The van der Waals surface area contributed by atoms with Gasteiger partial charge in [-0.1, -0.05) is 23.7 Å². The van der Waals surface area contributed by atoms with Crippen molar-refractivity contribution in [1.29, 1.82) is 5.41 Å². The third kappa shape index (κ3) is 7.03. The number of furan rings is 1. The minimum absolute atomic E-state index is 0.305. The SMILES string of the molecule is CCOO.CNC(=O)c1c(-c2ccc(F)cc2)oc2cc(N(C)C)c(-c3ccc(C=N)c(Nc4ccc(Cl)cc4)c3)cc12. The Balaban J connectivity index is 0.000000996. The van der Waals surface area contributed by atoms with E-state index in [1.165, 1.54) is 18.3 Å². The van der Waals surface area contributed by atoms with Crippen LogP contribution < -0.4 is 15.5 Å². The highest BCUT2D eigenvalue weighted by atomic mass is 35.5. The molecule has 0 bridgehead atoms. The van der Waals surface area contributed by atoms with E-state index in [4.69, 9.17) is 26.7 Å². The number of fused-ring (bicyclic) bond motifs is 1. The second-order valence-electron chi connectivity index (χ2n) is 9.65. The van der Waals surface area contributed by atoms with Crippen LogP contribution in [0.15, 0.2) is 83.3 Å². The molecule has 1 heterocycles. The zero-order chi connectivity index (χ0) is 31.1. The van der Waals surface area contributed by atoms with E-state index in [2.05, 4.69) is 15.5 Å². The van der Waals surface area contributed by atoms with Crippen molar-refractivity contribution in [1.82, 2.24) is 5.32 Å². The molecule has 1 amide bonds. The van der Waals surface area contributed by atoms with E-state index in [-0.39, 0.29) is 11.7 Å². The number of hydrogen-bond donors (Lipinski definition) is 4. The van der Waals surface area contributed by atoms with Gasteiger partial charge in [0.15, 0.2) is 0 Å². The van der Waals surface area contributed by atoms with Gasteiger partial charge in [-0.05, 0) is 73.2 Å². The molecule has 43 heavy (non-hydrogen) atoms. The maximum atomic E-state index is 13.6. The highest BCUT2D eigenvalue weighted by Crippen LogP contribution is 2.41. The lowest BCUT2D eigenvalue weighted by Gasteiger charge is -2.19. The average molecular weight is 603 g/mol. The maximum Gasteiger partial charge on any atom is 0.255 e. The van der Waals surface area contributed by atoms with Crippen molar-refractivity contribution in [3.63, 3.8) is 0 Å². The molecule has 5 aromatic rings. The third-order valence-electron chi connectivity index (χ3n) is 6.62. The number of carbonyl (C=O) groups excluding carboxylic acids is 1. The first-order valence-corrected chi connectivity index (χ1v) is 13.8. The molecule has 0 atom stereocenters. The Morgan fingerprint density at radius 2 is 1.70 bits per heavy atom. The molecule has 222 valence electrons. The predicted molar refractivity (Wildman–Crippen MR) is 172 cm³/mol. The summed E-state index contributed by atoms with van der Waals surface area (Å²) in [6, 6.07) is 22.9. The minimum atomic E-state index is -0.370. The van der Waals surface area contributed by atoms with Crippen LogP contribution in [0.2, 0.25) is 5.02 Å². The van der Waals surface area contributed by atoms with Gasteiger partial charge in [-0.15, -0.1) is 0 Å². The highest BCUT2D eigenvalue weighted by molar-refractivity contribution is 6.30. The fraction of sp³-hybridized carbons (Fsp3) is 0.152. The predicted octanol–water partition coefficient (Wildman–Crippen LogP) is 8.22. The van der Waals surface area contributed by atoms with Gasteiger partial charge in [-0.2, -0.15) is 0 Å². The third-order valence-corrected chi connectivity index (χ3v) is 6.87. The van der Waals surface area contributed by atoms with Crippen LogP contribution in [0.4, 0.5) is 21.5 Å². The monoisotopic (exact) mass is 602 g/mol. The number of rotatable bonds is 8. The topological polar surface area (TPSA) is 111 Å². The largest absolute Gasteiger partial charge is 0.455 e. The molecule has 1 aromatic heterocycles. The lowest BCUT2D eigenvalue weighted by atomic mass is 9.96.